The quantitative estimate of drug-likeness (QED) is 0.151. The summed E-state index contributed by atoms with van der Waals surface area (Å²) in [5.41, 5.74) is 1.09. The Morgan fingerprint density at radius 2 is 1.73 bits per heavy atom. The average molecular weight is 695 g/mol. The maximum atomic E-state index is 14.6. The van der Waals surface area contributed by atoms with Crippen LogP contribution >= 0.6 is 30.2 Å². The fourth-order valence-electron chi connectivity index (χ4n) is 4.38. The fourth-order valence-corrected chi connectivity index (χ4v) is 5.50. The van der Waals surface area contributed by atoms with Gasteiger partial charge in [-0.3, -0.25) is 14.2 Å². The van der Waals surface area contributed by atoms with Crippen LogP contribution in [0, 0.1) is 9.39 Å². The van der Waals surface area contributed by atoms with Crippen LogP contribution in [0.2, 0.25) is 0 Å². The van der Waals surface area contributed by atoms with Gasteiger partial charge in [0.15, 0.2) is 6.35 Å². The molecule has 0 aliphatic carbocycles. The third-order valence-corrected chi connectivity index (χ3v) is 8.89. The van der Waals surface area contributed by atoms with Gasteiger partial charge in [0.25, 0.3) is 5.91 Å². The molecular weight excluding hydrogens is 667 g/mol. The van der Waals surface area contributed by atoms with Gasteiger partial charge in [-0.1, -0.05) is 49.4 Å². The monoisotopic (exact) mass is 695 g/mol. The van der Waals surface area contributed by atoms with Crippen LogP contribution in [0.3, 0.4) is 0 Å². The number of ether oxygens (including phenoxy) is 1. The molecule has 4 rings (SSSR count). The Kier molecular flexibility index (Phi) is 9.80. The molecule has 0 unspecified atom stereocenters. The molecule has 0 saturated carbocycles. The van der Waals surface area contributed by atoms with Crippen molar-refractivity contribution >= 4 is 53.7 Å². The minimum absolute atomic E-state index is 0.0636. The predicted molar refractivity (Wildman–Crippen MR) is 158 cm³/mol. The summed E-state index contributed by atoms with van der Waals surface area (Å²) < 4.78 is 42.6. The number of amides is 4. The summed E-state index contributed by atoms with van der Waals surface area (Å²) in [4.78, 5) is 41.4. The standard InChI is InChI=1S/C28H28FIN3O7P/c1-17(18-7-5-4-6-8-18)25(26(34)31-23-14-11-20(30)15-22(23)29)33-27(35)24(32-28(33)36)19-9-12-21(13-10-19)40-16-41(37,38-2)39-3/h4-15,17,24-25H,16H2,1-3H3,(H,31,34)(H,32,36)/t17-,24-,25+/m1/s1. The molecule has 2 N–H and O–H groups in total. The molecule has 0 radical (unpaired) electrons. The Balaban J connectivity index is 1.59. The second kappa shape index (κ2) is 13.1. The first-order chi connectivity index (χ1) is 19.6. The van der Waals surface area contributed by atoms with Crippen LogP contribution in [0.1, 0.15) is 30.0 Å². The van der Waals surface area contributed by atoms with Gasteiger partial charge in [-0.15, -0.1) is 0 Å². The third-order valence-electron chi connectivity index (χ3n) is 6.66. The minimum atomic E-state index is -3.39. The first-order valence-electron chi connectivity index (χ1n) is 12.4. The minimum Gasteiger partial charge on any atom is -0.481 e. The van der Waals surface area contributed by atoms with Crippen molar-refractivity contribution in [2.75, 3.05) is 25.9 Å². The van der Waals surface area contributed by atoms with Gasteiger partial charge in [-0.2, -0.15) is 0 Å². The van der Waals surface area contributed by atoms with Crippen LogP contribution in [0.4, 0.5) is 14.9 Å². The zero-order chi connectivity index (χ0) is 29.7. The Morgan fingerprint density at radius 1 is 1.07 bits per heavy atom. The van der Waals surface area contributed by atoms with Crippen LogP contribution < -0.4 is 15.4 Å². The molecule has 216 valence electrons. The number of carbonyl (C=O) groups excluding carboxylic acids is 3. The van der Waals surface area contributed by atoms with Gasteiger partial charge in [-0.05, 0) is 64.0 Å². The molecule has 3 aromatic carbocycles. The highest BCUT2D eigenvalue weighted by molar-refractivity contribution is 14.1. The molecule has 0 spiro atoms. The summed E-state index contributed by atoms with van der Waals surface area (Å²) in [6.45, 7) is 1.72. The molecule has 41 heavy (non-hydrogen) atoms. The van der Waals surface area contributed by atoms with Crippen molar-refractivity contribution in [3.8, 4) is 5.75 Å². The molecule has 13 heteroatoms. The number of halogens is 2. The number of carbonyl (C=O) groups is 3. The van der Waals surface area contributed by atoms with Gasteiger partial charge in [0.2, 0.25) is 5.91 Å². The summed E-state index contributed by atoms with van der Waals surface area (Å²) in [5.74, 6) is -2.27. The number of nitrogens with one attached hydrogen (secondary N) is 2. The van der Waals surface area contributed by atoms with E-state index < -0.39 is 49.3 Å². The van der Waals surface area contributed by atoms with E-state index in [2.05, 4.69) is 10.6 Å². The molecule has 3 atom stereocenters. The number of imide groups is 1. The maximum Gasteiger partial charge on any atom is 0.367 e. The molecule has 1 aliphatic rings. The lowest BCUT2D eigenvalue weighted by Crippen LogP contribution is -2.50. The first-order valence-corrected chi connectivity index (χ1v) is 15.2. The largest absolute Gasteiger partial charge is 0.481 e. The summed E-state index contributed by atoms with van der Waals surface area (Å²) >= 11 is 1.95. The highest BCUT2D eigenvalue weighted by Crippen LogP contribution is 2.46. The molecular formula is C28H28FIN3O7P. The highest BCUT2D eigenvalue weighted by atomic mass is 127. The topological polar surface area (TPSA) is 123 Å². The van der Waals surface area contributed by atoms with Crippen LogP contribution in [0.15, 0.2) is 72.8 Å². The van der Waals surface area contributed by atoms with Crippen LogP contribution in [-0.4, -0.2) is 49.4 Å². The molecule has 0 bridgehead atoms. The van der Waals surface area contributed by atoms with Crippen molar-refractivity contribution in [1.82, 2.24) is 10.2 Å². The summed E-state index contributed by atoms with van der Waals surface area (Å²) in [7, 11) is -0.894. The van der Waals surface area contributed by atoms with Crippen molar-refractivity contribution < 1.29 is 37.1 Å². The molecule has 0 aromatic heterocycles. The molecule has 3 aromatic rings. The van der Waals surface area contributed by atoms with E-state index >= 15 is 0 Å². The van der Waals surface area contributed by atoms with E-state index in [0.717, 1.165) is 4.90 Å². The van der Waals surface area contributed by atoms with Crippen LogP contribution in [-0.2, 0) is 23.2 Å². The Hall–Kier alpha value is -3.32. The number of anilines is 1. The number of urea groups is 1. The van der Waals surface area contributed by atoms with Gasteiger partial charge < -0.3 is 24.4 Å². The van der Waals surface area contributed by atoms with Gasteiger partial charge in [0.1, 0.15) is 23.7 Å². The number of benzene rings is 3. The number of nitrogens with zero attached hydrogens (tertiary/aromatic N) is 1. The van der Waals surface area contributed by atoms with Gasteiger partial charge in [-0.25, -0.2) is 14.1 Å². The zero-order valence-corrected chi connectivity index (χ0v) is 25.4. The van der Waals surface area contributed by atoms with Crippen molar-refractivity contribution in [3.05, 3.63) is 93.3 Å². The Labute approximate surface area is 250 Å². The van der Waals surface area contributed by atoms with Gasteiger partial charge in [0, 0.05) is 23.7 Å². The van der Waals surface area contributed by atoms with E-state index in [-0.39, 0.29) is 12.0 Å². The van der Waals surface area contributed by atoms with Crippen molar-refractivity contribution in [3.63, 3.8) is 0 Å². The Morgan fingerprint density at radius 3 is 2.34 bits per heavy atom. The average Bonchev–Trinajstić information content (AvgIpc) is 3.27. The smallest absolute Gasteiger partial charge is 0.367 e. The van der Waals surface area contributed by atoms with Crippen molar-refractivity contribution in [1.29, 1.82) is 0 Å². The highest BCUT2D eigenvalue weighted by Gasteiger charge is 2.47. The predicted octanol–water partition coefficient (Wildman–Crippen LogP) is 5.66. The number of hydrogen-bond donors (Lipinski definition) is 2. The maximum absolute atomic E-state index is 14.6. The van der Waals surface area contributed by atoms with Crippen molar-refractivity contribution in [2.24, 2.45) is 0 Å². The van der Waals surface area contributed by atoms with Crippen molar-refractivity contribution in [2.45, 2.75) is 24.9 Å². The van der Waals surface area contributed by atoms with E-state index in [1.54, 1.807) is 61.5 Å². The summed E-state index contributed by atoms with van der Waals surface area (Å²) in [6, 6.07) is 16.4. The zero-order valence-electron chi connectivity index (χ0n) is 22.4. The van der Waals surface area contributed by atoms with E-state index in [0.29, 0.717) is 20.4 Å². The van der Waals surface area contributed by atoms with E-state index in [1.165, 1.54) is 26.4 Å². The van der Waals surface area contributed by atoms with E-state index in [9.17, 15) is 23.3 Å². The van der Waals surface area contributed by atoms with Crippen LogP contribution in [0.25, 0.3) is 0 Å². The molecule has 1 fully saturated rings. The summed E-state index contributed by atoms with van der Waals surface area (Å²) in [6.07, 6.45) is -0.318. The number of rotatable bonds is 11. The van der Waals surface area contributed by atoms with E-state index in [4.69, 9.17) is 13.8 Å². The van der Waals surface area contributed by atoms with E-state index in [1.807, 2.05) is 28.7 Å². The molecule has 10 nitrogen and oxygen atoms in total. The second-order valence-corrected chi connectivity index (χ2v) is 12.6. The lowest BCUT2D eigenvalue weighted by molar-refractivity contribution is -0.134. The molecule has 1 aliphatic heterocycles. The lowest BCUT2D eigenvalue weighted by atomic mass is 9.91. The summed E-state index contributed by atoms with van der Waals surface area (Å²) in [5, 5.41) is 5.20. The molecule has 1 saturated heterocycles. The number of hydrogen-bond acceptors (Lipinski definition) is 7. The third kappa shape index (κ3) is 6.95. The Bertz CT molecular complexity index is 1470. The molecule has 4 amide bonds. The molecule has 1 heterocycles. The normalized spacial score (nSPS) is 16.7. The SMILES string of the molecule is COP(=O)(COc1ccc([C@H]2NC(=O)N([C@H](C(=O)Nc3ccc(I)cc3F)[C@H](C)c3ccccc3)C2=O)cc1)OC. The van der Waals surface area contributed by atoms with Gasteiger partial charge >= 0.3 is 13.6 Å². The van der Waals surface area contributed by atoms with Crippen LogP contribution in [0.5, 0.6) is 5.75 Å². The van der Waals surface area contributed by atoms with Gasteiger partial charge in [0.05, 0.1) is 5.69 Å². The second-order valence-electron chi connectivity index (χ2n) is 9.17. The lowest BCUT2D eigenvalue weighted by Gasteiger charge is -2.30. The first kappa shape index (κ1) is 30.6. The fraction of sp³-hybridized carbons (Fsp3) is 0.250.